The average Bonchev–Trinajstić information content (AvgIpc) is 2.28. The molecule has 0 amide bonds. The van der Waals surface area contributed by atoms with E-state index in [0.717, 1.165) is 21.5 Å². The maximum Gasteiger partial charge on any atom is 0.336 e. The average molecular weight is 317 g/mol. The lowest BCUT2D eigenvalue weighted by Gasteiger charge is -2.06. The second-order valence-electron chi connectivity index (χ2n) is 3.85. The fraction of sp³-hybridized carbons (Fsp3) is 0.462. The van der Waals surface area contributed by atoms with Gasteiger partial charge in [0.2, 0.25) is 0 Å². The van der Waals surface area contributed by atoms with Gasteiger partial charge < -0.3 is 5.11 Å². The van der Waals surface area contributed by atoms with Crippen LogP contribution in [0.1, 0.15) is 43.0 Å². The summed E-state index contributed by atoms with van der Waals surface area (Å²) in [6.07, 6.45) is 4.84. The van der Waals surface area contributed by atoms with Gasteiger partial charge in [-0.3, -0.25) is 0 Å². The number of hydrogen-bond donors (Lipinski definition) is 1. The smallest absolute Gasteiger partial charge is 0.336 e. The molecule has 1 aromatic rings. The molecule has 0 unspecified atom stereocenters. The molecule has 0 aliphatic carbocycles. The van der Waals surface area contributed by atoms with Crippen molar-refractivity contribution in [3.05, 3.63) is 28.2 Å². The Labute approximate surface area is 115 Å². The number of carbonyl (C=O) groups is 1. The van der Waals surface area contributed by atoms with E-state index in [-0.39, 0.29) is 0 Å². The van der Waals surface area contributed by atoms with Crippen molar-refractivity contribution in [1.82, 2.24) is 0 Å². The summed E-state index contributed by atoms with van der Waals surface area (Å²) in [5, 5.41) is 9.07. The first-order valence-corrected chi connectivity index (χ1v) is 7.58. The molecule has 1 aromatic carbocycles. The van der Waals surface area contributed by atoms with Gasteiger partial charge in [-0.25, -0.2) is 4.79 Å². The van der Waals surface area contributed by atoms with Gasteiger partial charge in [0.1, 0.15) is 0 Å². The lowest BCUT2D eigenvalue weighted by atomic mass is 10.2. The summed E-state index contributed by atoms with van der Waals surface area (Å²) >= 11 is 5.00. The molecule has 1 N–H and O–H groups in total. The number of aromatic carboxylic acids is 1. The second kappa shape index (κ2) is 7.77. The summed E-state index contributed by atoms with van der Waals surface area (Å²) in [6, 6.07) is 5.30. The zero-order valence-electron chi connectivity index (χ0n) is 9.91. The molecule has 4 heteroatoms. The first-order chi connectivity index (χ1) is 8.15. The zero-order valence-corrected chi connectivity index (χ0v) is 12.3. The van der Waals surface area contributed by atoms with E-state index < -0.39 is 5.97 Å². The Balaban J connectivity index is 2.56. The Morgan fingerprint density at radius 2 is 2.12 bits per heavy atom. The van der Waals surface area contributed by atoms with Gasteiger partial charge in [-0.1, -0.05) is 42.1 Å². The maximum absolute atomic E-state index is 11.0. The third kappa shape index (κ3) is 5.13. The van der Waals surface area contributed by atoms with Crippen molar-refractivity contribution < 1.29 is 9.90 Å². The normalized spacial score (nSPS) is 10.5. The Morgan fingerprint density at radius 3 is 2.76 bits per heavy atom. The summed E-state index contributed by atoms with van der Waals surface area (Å²) in [6.45, 7) is 2.18. The number of benzene rings is 1. The Bertz CT molecular complexity index is 380. The minimum absolute atomic E-state index is 0.397. The van der Waals surface area contributed by atoms with Crippen molar-refractivity contribution in [1.29, 1.82) is 0 Å². The Kier molecular flexibility index (Phi) is 6.66. The van der Waals surface area contributed by atoms with Crippen LogP contribution in [0.15, 0.2) is 27.6 Å². The molecule has 0 aliphatic rings. The molecule has 0 bridgehead atoms. The Morgan fingerprint density at radius 1 is 1.35 bits per heavy atom. The molecule has 2 nitrogen and oxygen atoms in total. The molecule has 0 saturated carbocycles. The molecular weight excluding hydrogens is 300 g/mol. The van der Waals surface area contributed by atoms with Crippen LogP contribution < -0.4 is 0 Å². The van der Waals surface area contributed by atoms with Crippen LogP contribution in [0.25, 0.3) is 0 Å². The van der Waals surface area contributed by atoms with Gasteiger partial charge in [0, 0.05) is 9.37 Å². The highest BCUT2D eigenvalue weighted by Crippen LogP contribution is 2.27. The topological polar surface area (TPSA) is 37.3 Å². The maximum atomic E-state index is 11.0. The van der Waals surface area contributed by atoms with Gasteiger partial charge in [0.15, 0.2) is 0 Å². The highest BCUT2D eigenvalue weighted by molar-refractivity contribution is 9.10. The van der Waals surface area contributed by atoms with Crippen LogP contribution in [0.2, 0.25) is 0 Å². The van der Waals surface area contributed by atoms with Gasteiger partial charge in [-0.05, 0) is 30.4 Å². The standard InChI is InChI=1S/C13H17BrO2S/c1-2-3-4-5-8-17-12-9-10(14)6-7-11(12)13(15)16/h6-7,9H,2-5,8H2,1H3,(H,15,16). The second-order valence-corrected chi connectivity index (χ2v) is 5.91. The van der Waals surface area contributed by atoms with Crippen molar-refractivity contribution in [2.75, 3.05) is 5.75 Å². The largest absolute Gasteiger partial charge is 0.478 e. The van der Waals surface area contributed by atoms with Gasteiger partial charge in [0.05, 0.1) is 5.56 Å². The molecule has 94 valence electrons. The van der Waals surface area contributed by atoms with Crippen LogP contribution in [-0.4, -0.2) is 16.8 Å². The lowest BCUT2D eigenvalue weighted by Crippen LogP contribution is -1.99. The van der Waals surface area contributed by atoms with E-state index in [1.165, 1.54) is 19.3 Å². The Hall–Kier alpha value is -0.480. The van der Waals surface area contributed by atoms with Crippen LogP contribution in [0.4, 0.5) is 0 Å². The monoisotopic (exact) mass is 316 g/mol. The molecule has 0 atom stereocenters. The van der Waals surface area contributed by atoms with Crippen molar-refractivity contribution in [2.24, 2.45) is 0 Å². The van der Waals surface area contributed by atoms with E-state index in [4.69, 9.17) is 5.11 Å². The molecule has 0 fully saturated rings. The van der Waals surface area contributed by atoms with Gasteiger partial charge in [0.25, 0.3) is 0 Å². The SMILES string of the molecule is CCCCCCSc1cc(Br)ccc1C(=O)O. The van der Waals surface area contributed by atoms with Gasteiger partial charge in [-0.15, -0.1) is 11.8 Å². The summed E-state index contributed by atoms with van der Waals surface area (Å²) in [5.41, 5.74) is 0.397. The van der Waals surface area contributed by atoms with E-state index >= 15 is 0 Å². The first kappa shape index (κ1) is 14.6. The van der Waals surface area contributed by atoms with Crippen LogP contribution in [-0.2, 0) is 0 Å². The molecule has 0 spiro atoms. The number of rotatable bonds is 7. The molecule has 1 rings (SSSR count). The van der Waals surface area contributed by atoms with Crippen molar-refractivity contribution in [2.45, 2.75) is 37.5 Å². The third-order valence-corrected chi connectivity index (χ3v) is 4.06. The van der Waals surface area contributed by atoms with Crippen LogP contribution in [0.3, 0.4) is 0 Å². The molecule has 0 aromatic heterocycles. The van der Waals surface area contributed by atoms with E-state index in [9.17, 15) is 4.79 Å². The minimum atomic E-state index is -0.853. The van der Waals surface area contributed by atoms with Crippen LogP contribution in [0, 0.1) is 0 Å². The highest BCUT2D eigenvalue weighted by Gasteiger charge is 2.10. The van der Waals surface area contributed by atoms with Gasteiger partial charge >= 0.3 is 5.97 Å². The predicted octanol–water partition coefficient (Wildman–Crippen LogP) is 4.82. The van der Waals surface area contributed by atoms with Crippen molar-refractivity contribution in [3.8, 4) is 0 Å². The summed E-state index contributed by atoms with van der Waals surface area (Å²) in [5.74, 6) is 0.130. The number of halogens is 1. The zero-order chi connectivity index (χ0) is 12.7. The van der Waals surface area contributed by atoms with E-state index in [1.807, 2.05) is 6.07 Å². The summed E-state index contributed by atoms with van der Waals surface area (Å²) < 4.78 is 0.929. The fourth-order valence-corrected chi connectivity index (χ4v) is 3.11. The first-order valence-electron chi connectivity index (χ1n) is 5.80. The number of hydrogen-bond acceptors (Lipinski definition) is 2. The number of carboxylic acid groups (broad SMARTS) is 1. The quantitative estimate of drug-likeness (QED) is 0.579. The summed E-state index contributed by atoms with van der Waals surface area (Å²) in [7, 11) is 0. The van der Waals surface area contributed by atoms with Gasteiger partial charge in [-0.2, -0.15) is 0 Å². The fourth-order valence-electron chi connectivity index (χ4n) is 1.50. The highest BCUT2D eigenvalue weighted by atomic mass is 79.9. The third-order valence-electron chi connectivity index (χ3n) is 2.43. The van der Waals surface area contributed by atoms with E-state index in [1.54, 1.807) is 23.9 Å². The van der Waals surface area contributed by atoms with Crippen molar-refractivity contribution >= 4 is 33.7 Å². The van der Waals surface area contributed by atoms with Crippen LogP contribution >= 0.6 is 27.7 Å². The molecule has 0 saturated heterocycles. The van der Waals surface area contributed by atoms with Crippen molar-refractivity contribution in [3.63, 3.8) is 0 Å². The van der Waals surface area contributed by atoms with E-state index in [2.05, 4.69) is 22.9 Å². The van der Waals surface area contributed by atoms with E-state index in [0.29, 0.717) is 5.56 Å². The predicted molar refractivity (Wildman–Crippen MR) is 76.0 cm³/mol. The number of thioether (sulfide) groups is 1. The number of carboxylic acids is 1. The minimum Gasteiger partial charge on any atom is -0.478 e. The molecule has 0 radical (unpaired) electrons. The molecular formula is C13H17BrO2S. The lowest BCUT2D eigenvalue weighted by molar-refractivity contribution is 0.0693. The molecule has 17 heavy (non-hydrogen) atoms. The van der Waals surface area contributed by atoms with Crippen LogP contribution in [0.5, 0.6) is 0 Å². The molecule has 0 heterocycles. The summed E-state index contributed by atoms with van der Waals surface area (Å²) in [4.78, 5) is 11.9. The molecule has 0 aliphatic heterocycles. The number of unbranched alkanes of at least 4 members (excludes halogenated alkanes) is 3.